The van der Waals surface area contributed by atoms with Gasteiger partial charge in [-0.1, -0.05) is 0 Å². The van der Waals surface area contributed by atoms with Gasteiger partial charge in [0.2, 0.25) is 11.5 Å². The van der Waals surface area contributed by atoms with E-state index in [2.05, 4.69) is 30.6 Å². The number of primary amides is 1. The topological polar surface area (TPSA) is 165 Å². The number of hydrogen-bond donors (Lipinski definition) is 4. The van der Waals surface area contributed by atoms with Crippen molar-refractivity contribution in [3.05, 3.63) is 102 Å². The van der Waals surface area contributed by atoms with E-state index < -0.39 is 47.1 Å². The highest BCUT2D eigenvalue weighted by atomic mass is 19.4. The van der Waals surface area contributed by atoms with Gasteiger partial charge in [-0.3, -0.25) is 14.6 Å². The highest BCUT2D eigenvalue weighted by molar-refractivity contribution is 6.03. The third kappa shape index (κ3) is 5.72. The van der Waals surface area contributed by atoms with Crippen LogP contribution in [0.3, 0.4) is 0 Å². The van der Waals surface area contributed by atoms with E-state index in [1.807, 2.05) is 0 Å². The van der Waals surface area contributed by atoms with Gasteiger partial charge in [0, 0.05) is 28.3 Å². The number of carbonyl (C=O) groups excluding carboxylic acids is 2. The third-order valence-electron chi connectivity index (χ3n) is 8.15. The number of halogens is 4. The lowest BCUT2D eigenvalue weighted by atomic mass is 9.81. The van der Waals surface area contributed by atoms with Crippen molar-refractivity contribution in [3.8, 4) is 17.0 Å². The summed E-state index contributed by atoms with van der Waals surface area (Å²) >= 11 is 0. The molecule has 1 aliphatic heterocycles. The molecule has 4 heterocycles. The van der Waals surface area contributed by atoms with Crippen molar-refractivity contribution < 1.29 is 37.0 Å². The SMILES string of the molecule is Cc1cnc2c(Nc3cncnc3)cc(C(=O)NC[C@](O)(c3cc4c(c(-c5ccc(F)cc5)n3)OC[C@]4(C)C(N)=O)C(F)(F)F)cc2c1. The molecule has 2 amide bonds. The van der Waals surface area contributed by atoms with Gasteiger partial charge in [0.1, 0.15) is 35.6 Å². The minimum absolute atomic E-state index is 0.0378. The highest BCUT2D eigenvalue weighted by Crippen LogP contribution is 2.47. The van der Waals surface area contributed by atoms with Gasteiger partial charge in [-0.05, 0) is 67.9 Å². The average Bonchev–Trinajstić information content (AvgIpc) is 3.40. The van der Waals surface area contributed by atoms with Gasteiger partial charge < -0.3 is 26.2 Å². The molecule has 246 valence electrons. The Morgan fingerprint density at radius 1 is 1.06 bits per heavy atom. The summed E-state index contributed by atoms with van der Waals surface area (Å²) in [4.78, 5) is 42.4. The molecule has 0 radical (unpaired) electrons. The highest BCUT2D eigenvalue weighted by Gasteiger charge is 2.57. The van der Waals surface area contributed by atoms with Gasteiger partial charge >= 0.3 is 6.18 Å². The first-order valence-corrected chi connectivity index (χ1v) is 14.4. The summed E-state index contributed by atoms with van der Waals surface area (Å²) in [6, 6.07) is 10.2. The molecule has 15 heteroatoms. The Balaban J connectivity index is 1.41. The number of carbonyl (C=O) groups is 2. The Morgan fingerprint density at radius 2 is 1.77 bits per heavy atom. The maximum Gasteiger partial charge on any atom is 0.424 e. The summed E-state index contributed by atoms with van der Waals surface area (Å²) in [6.45, 7) is 1.51. The summed E-state index contributed by atoms with van der Waals surface area (Å²) in [6.07, 6.45) is 0.546. The molecule has 11 nitrogen and oxygen atoms in total. The molecule has 0 aliphatic carbocycles. The number of nitrogens with zero attached hydrogens (tertiary/aromatic N) is 4. The van der Waals surface area contributed by atoms with E-state index >= 15 is 0 Å². The molecule has 1 aliphatic rings. The molecule has 0 unspecified atom stereocenters. The lowest BCUT2D eigenvalue weighted by Crippen LogP contribution is -2.51. The molecule has 2 aromatic carbocycles. The molecular formula is C33H27F4N7O4. The fourth-order valence-corrected chi connectivity index (χ4v) is 5.35. The largest absolute Gasteiger partial charge is 0.489 e. The van der Waals surface area contributed by atoms with Crippen molar-refractivity contribution in [3.63, 3.8) is 0 Å². The number of pyridine rings is 2. The second-order valence-corrected chi connectivity index (χ2v) is 11.6. The minimum Gasteiger partial charge on any atom is -0.489 e. The zero-order valence-corrected chi connectivity index (χ0v) is 25.4. The van der Waals surface area contributed by atoms with Crippen molar-refractivity contribution in [2.24, 2.45) is 5.73 Å². The van der Waals surface area contributed by atoms with E-state index in [0.29, 0.717) is 22.3 Å². The average molecular weight is 662 g/mol. The lowest BCUT2D eigenvalue weighted by molar-refractivity contribution is -0.265. The summed E-state index contributed by atoms with van der Waals surface area (Å²) in [5, 5.41) is 17.2. The Kier molecular flexibility index (Phi) is 7.95. The second kappa shape index (κ2) is 11.8. The van der Waals surface area contributed by atoms with Gasteiger partial charge in [-0.25, -0.2) is 19.3 Å². The van der Waals surface area contributed by atoms with E-state index in [4.69, 9.17) is 10.5 Å². The Labute approximate surface area is 270 Å². The number of anilines is 2. The van der Waals surface area contributed by atoms with Crippen molar-refractivity contribution >= 4 is 34.1 Å². The summed E-state index contributed by atoms with van der Waals surface area (Å²) in [5.74, 6) is -2.48. The predicted molar refractivity (Wildman–Crippen MR) is 166 cm³/mol. The first-order chi connectivity index (χ1) is 22.7. The van der Waals surface area contributed by atoms with Gasteiger partial charge in [0.15, 0.2) is 0 Å². The first kappa shape index (κ1) is 32.2. The van der Waals surface area contributed by atoms with E-state index in [1.165, 1.54) is 49.9 Å². The standard InChI is InChI=1S/C33H27F4N7O4/c1-17-7-19-8-20(9-24(26(19)41-11-17)43-22-12-39-16-40-13-22)29(45)42-14-32(47,33(35,36)37)25-10-23-28(48-15-31(23,2)30(38)46)27(44-25)18-3-5-21(34)6-4-18/h3-13,16,43,47H,14-15H2,1-2H3,(H2,38,46)(H,42,45)/t31-,32-/m0/s1. The quantitative estimate of drug-likeness (QED) is 0.174. The number of hydrogen-bond acceptors (Lipinski definition) is 9. The lowest BCUT2D eigenvalue weighted by Gasteiger charge is -2.31. The number of benzene rings is 2. The zero-order chi connectivity index (χ0) is 34.4. The van der Waals surface area contributed by atoms with Crippen molar-refractivity contribution in [1.82, 2.24) is 25.3 Å². The van der Waals surface area contributed by atoms with Crippen molar-refractivity contribution in [2.45, 2.75) is 31.0 Å². The molecule has 0 saturated heterocycles. The van der Waals surface area contributed by atoms with Gasteiger partial charge in [-0.2, -0.15) is 13.2 Å². The van der Waals surface area contributed by atoms with Crippen LogP contribution < -0.4 is 21.1 Å². The maximum absolute atomic E-state index is 14.8. The number of aliphatic hydroxyl groups is 1. The second-order valence-electron chi connectivity index (χ2n) is 11.6. The van der Waals surface area contributed by atoms with Crippen LogP contribution >= 0.6 is 0 Å². The van der Waals surface area contributed by atoms with Gasteiger partial charge in [0.25, 0.3) is 5.91 Å². The number of ether oxygens (including phenoxy) is 1. The number of fused-ring (bicyclic) bond motifs is 2. The van der Waals surface area contributed by atoms with Crippen LogP contribution in [0.15, 0.2) is 73.4 Å². The van der Waals surface area contributed by atoms with E-state index in [-0.39, 0.29) is 34.7 Å². The molecule has 3 aromatic heterocycles. The first-order valence-electron chi connectivity index (χ1n) is 14.4. The normalized spacial score (nSPS) is 16.9. The fourth-order valence-electron chi connectivity index (χ4n) is 5.35. The van der Waals surface area contributed by atoms with Gasteiger partial charge in [-0.15, -0.1) is 0 Å². The number of aromatic nitrogens is 4. The molecule has 6 rings (SSSR count). The maximum atomic E-state index is 14.8. The third-order valence-corrected chi connectivity index (χ3v) is 8.15. The summed E-state index contributed by atoms with van der Waals surface area (Å²) in [5.41, 5.74) is 1.30. The Hall–Kier alpha value is -5.70. The molecule has 0 spiro atoms. The van der Waals surface area contributed by atoms with Crippen LogP contribution in [0, 0.1) is 12.7 Å². The van der Waals surface area contributed by atoms with Crippen LogP contribution in [0.5, 0.6) is 5.75 Å². The van der Waals surface area contributed by atoms with Crippen molar-refractivity contribution in [1.29, 1.82) is 0 Å². The van der Waals surface area contributed by atoms with Gasteiger partial charge in [0.05, 0.1) is 41.5 Å². The Morgan fingerprint density at radius 3 is 2.44 bits per heavy atom. The van der Waals surface area contributed by atoms with Crippen LogP contribution in [0.2, 0.25) is 0 Å². The molecule has 48 heavy (non-hydrogen) atoms. The molecule has 5 aromatic rings. The summed E-state index contributed by atoms with van der Waals surface area (Å²) < 4.78 is 64.0. The van der Waals surface area contributed by atoms with Crippen LogP contribution in [-0.4, -0.2) is 56.2 Å². The van der Waals surface area contributed by atoms with Crippen LogP contribution in [-0.2, 0) is 15.8 Å². The number of alkyl halides is 3. The smallest absolute Gasteiger partial charge is 0.424 e. The van der Waals surface area contributed by atoms with Crippen LogP contribution in [0.4, 0.5) is 28.9 Å². The van der Waals surface area contributed by atoms with E-state index in [9.17, 15) is 32.3 Å². The molecule has 0 fully saturated rings. The molecule has 0 saturated carbocycles. The van der Waals surface area contributed by atoms with E-state index in [0.717, 1.165) is 23.8 Å². The fraction of sp³-hybridized carbons (Fsp3) is 0.212. The van der Waals surface area contributed by atoms with Crippen LogP contribution in [0.25, 0.3) is 22.2 Å². The predicted octanol–water partition coefficient (Wildman–Crippen LogP) is 4.59. The Bertz CT molecular complexity index is 2060. The number of nitrogens with one attached hydrogen (secondary N) is 2. The van der Waals surface area contributed by atoms with E-state index in [1.54, 1.807) is 19.2 Å². The monoisotopic (exact) mass is 661 g/mol. The minimum atomic E-state index is -5.38. The molecular weight excluding hydrogens is 634 g/mol. The van der Waals surface area contributed by atoms with Crippen molar-refractivity contribution in [2.75, 3.05) is 18.5 Å². The summed E-state index contributed by atoms with van der Waals surface area (Å²) in [7, 11) is 0. The molecule has 2 atom stereocenters. The molecule has 0 bridgehead atoms. The zero-order valence-electron chi connectivity index (χ0n) is 25.4. The number of aryl methyl sites for hydroxylation is 1. The number of rotatable bonds is 8. The number of nitrogens with two attached hydrogens (primary N) is 1. The van der Waals surface area contributed by atoms with Crippen LogP contribution in [0.1, 0.15) is 34.1 Å². The molecule has 5 N–H and O–H groups in total. The number of amides is 2.